The number of hydrogen-bond acceptors (Lipinski definition) is 4. The van der Waals surface area contributed by atoms with Gasteiger partial charge in [0.2, 0.25) is 0 Å². The molecular formula is C13H15F3N2O4. The molecule has 2 saturated heterocycles. The van der Waals surface area contributed by atoms with E-state index in [0.29, 0.717) is 17.7 Å². The molecule has 22 heavy (non-hydrogen) atoms. The van der Waals surface area contributed by atoms with E-state index in [1.807, 2.05) is 4.90 Å². The summed E-state index contributed by atoms with van der Waals surface area (Å²) < 4.78 is 36.9. The first-order chi connectivity index (χ1) is 10.3. The molecule has 2 aliphatic rings. The highest BCUT2D eigenvalue weighted by Crippen LogP contribution is 2.23. The number of carbonyl (C=O) groups excluding carboxylic acids is 1. The van der Waals surface area contributed by atoms with Crippen LogP contribution >= 0.6 is 0 Å². The highest BCUT2D eigenvalue weighted by Gasteiger charge is 2.38. The SMILES string of the molecule is O=C(O)C(F)(F)F.O=C(c1ccco1)N1C[C@@H]2CN[C@@H](C2)C1. The number of hydrogen-bond donors (Lipinski definition) is 2. The lowest BCUT2D eigenvalue weighted by atomic mass is 10.00. The summed E-state index contributed by atoms with van der Waals surface area (Å²) in [7, 11) is 0. The van der Waals surface area contributed by atoms with E-state index in [1.165, 1.54) is 6.42 Å². The van der Waals surface area contributed by atoms with Crippen LogP contribution in [0.15, 0.2) is 22.8 Å². The quantitative estimate of drug-likeness (QED) is 0.816. The van der Waals surface area contributed by atoms with E-state index in [9.17, 15) is 18.0 Å². The fraction of sp³-hybridized carbons (Fsp3) is 0.538. The third-order valence-electron chi connectivity index (χ3n) is 3.49. The first-order valence-corrected chi connectivity index (χ1v) is 6.63. The number of carbonyl (C=O) groups is 2. The second-order valence-electron chi connectivity index (χ2n) is 5.20. The number of carboxylic acid groups (broad SMARTS) is 1. The van der Waals surface area contributed by atoms with Crippen LogP contribution in [-0.2, 0) is 4.79 Å². The zero-order chi connectivity index (χ0) is 16.3. The molecule has 1 aromatic rings. The Morgan fingerprint density at radius 2 is 2.05 bits per heavy atom. The van der Waals surface area contributed by atoms with Gasteiger partial charge in [0.15, 0.2) is 5.76 Å². The molecule has 0 saturated carbocycles. The average Bonchev–Trinajstić information content (AvgIpc) is 3.07. The summed E-state index contributed by atoms with van der Waals surface area (Å²) in [5.41, 5.74) is 0. The minimum Gasteiger partial charge on any atom is -0.475 e. The van der Waals surface area contributed by atoms with Gasteiger partial charge in [-0.25, -0.2) is 4.79 Å². The van der Waals surface area contributed by atoms with Crippen molar-refractivity contribution in [1.82, 2.24) is 10.2 Å². The Hall–Kier alpha value is -2.03. The molecule has 6 nitrogen and oxygen atoms in total. The van der Waals surface area contributed by atoms with Gasteiger partial charge in [-0.3, -0.25) is 4.79 Å². The number of piperidine rings is 1. The van der Waals surface area contributed by atoms with Crippen molar-refractivity contribution in [2.45, 2.75) is 18.6 Å². The lowest BCUT2D eigenvalue weighted by Gasteiger charge is -2.30. The minimum atomic E-state index is -5.08. The largest absolute Gasteiger partial charge is 0.490 e. The topological polar surface area (TPSA) is 82.8 Å². The number of nitrogens with one attached hydrogen (secondary N) is 1. The van der Waals surface area contributed by atoms with Crippen LogP contribution in [0.25, 0.3) is 0 Å². The van der Waals surface area contributed by atoms with Crippen LogP contribution in [0, 0.1) is 5.92 Å². The fourth-order valence-corrected chi connectivity index (χ4v) is 2.55. The number of carboxylic acids is 1. The van der Waals surface area contributed by atoms with E-state index in [1.54, 1.807) is 18.4 Å². The van der Waals surface area contributed by atoms with Crippen LogP contribution in [0.3, 0.4) is 0 Å². The fourth-order valence-electron chi connectivity index (χ4n) is 2.55. The van der Waals surface area contributed by atoms with Crippen molar-refractivity contribution in [3.05, 3.63) is 24.2 Å². The van der Waals surface area contributed by atoms with E-state index in [2.05, 4.69) is 5.32 Å². The number of fused-ring (bicyclic) bond motifs is 2. The molecule has 3 rings (SSSR count). The summed E-state index contributed by atoms with van der Waals surface area (Å²) in [6.45, 7) is 2.73. The molecule has 0 aromatic carbocycles. The number of likely N-dealkylation sites (tertiary alicyclic amines) is 1. The molecule has 2 bridgehead atoms. The second kappa shape index (κ2) is 6.39. The van der Waals surface area contributed by atoms with Crippen LogP contribution < -0.4 is 5.32 Å². The average molecular weight is 320 g/mol. The molecule has 2 N–H and O–H groups in total. The van der Waals surface area contributed by atoms with Crippen molar-refractivity contribution >= 4 is 11.9 Å². The van der Waals surface area contributed by atoms with E-state index in [4.69, 9.17) is 14.3 Å². The lowest BCUT2D eigenvalue weighted by molar-refractivity contribution is -0.192. The number of rotatable bonds is 1. The Bertz CT molecular complexity index is 518. The highest BCUT2D eigenvalue weighted by atomic mass is 19.4. The first kappa shape index (κ1) is 16.3. The standard InChI is InChI=1S/C11H14N2O2.C2HF3O2/c14-11(10-2-1-3-15-10)13-6-8-4-9(7-13)12-5-8;3-2(4,5)1(6)7/h1-3,8-9,12H,4-7H2;(H,6,7)/t8-,9-;/m0./s1. The van der Waals surface area contributed by atoms with Gasteiger partial charge in [0, 0.05) is 25.7 Å². The van der Waals surface area contributed by atoms with Crippen LogP contribution in [0.2, 0.25) is 0 Å². The number of nitrogens with zero attached hydrogens (tertiary/aromatic N) is 1. The second-order valence-corrected chi connectivity index (χ2v) is 5.20. The predicted octanol–water partition coefficient (Wildman–Crippen LogP) is 1.35. The van der Waals surface area contributed by atoms with Crippen molar-refractivity contribution in [3.8, 4) is 0 Å². The lowest BCUT2D eigenvalue weighted by Crippen LogP contribution is -2.44. The summed E-state index contributed by atoms with van der Waals surface area (Å²) in [5, 5.41) is 10.5. The molecule has 2 atom stereocenters. The van der Waals surface area contributed by atoms with Gasteiger partial charge in [0.1, 0.15) is 0 Å². The van der Waals surface area contributed by atoms with E-state index < -0.39 is 12.1 Å². The van der Waals surface area contributed by atoms with Gasteiger partial charge in [0.05, 0.1) is 6.26 Å². The van der Waals surface area contributed by atoms with Gasteiger partial charge < -0.3 is 19.7 Å². The number of furan rings is 1. The van der Waals surface area contributed by atoms with Gasteiger partial charge in [-0.2, -0.15) is 13.2 Å². The van der Waals surface area contributed by atoms with Crippen LogP contribution in [0.1, 0.15) is 17.0 Å². The molecule has 9 heteroatoms. The van der Waals surface area contributed by atoms with Crippen molar-refractivity contribution in [2.75, 3.05) is 19.6 Å². The molecule has 122 valence electrons. The van der Waals surface area contributed by atoms with Crippen LogP contribution in [0.4, 0.5) is 13.2 Å². The molecular weight excluding hydrogens is 305 g/mol. The molecule has 3 heterocycles. The Labute approximate surface area is 123 Å². The summed E-state index contributed by atoms with van der Waals surface area (Å²) >= 11 is 0. The Kier molecular flexibility index (Phi) is 4.74. The van der Waals surface area contributed by atoms with Gasteiger partial charge in [0.25, 0.3) is 5.91 Å². The molecule has 1 amide bonds. The van der Waals surface area contributed by atoms with E-state index >= 15 is 0 Å². The Morgan fingerprint density at radius 3 is 2.55 bits per heavy atom. The third kappa shape index (κ3) is 4.00. The molecule has 0 unspecified atom stereocenters. The number of aliphatic carboxylic acids is 1. The summed E-state index contributed by atoms with van der Waals surface area (Å²) in [5.74, 6) is -1.65. The molecule has 0 radical (unpaired) electrons. The van der Waals surface area contributed by atoms with Crippen LogP contribution in [0.5, 0.6) is 0 Å². The third-order valence-corrected chi connectivity index (χ3v) is 3.49. The number of alkyl halides is 3. The van der Waals surface area contributed by atoms with Gasteiger partial charge in [-0.05, 0) is 24.5 Å². The molecule has 2 aliphatic heterocycles. The molecule has 2 fully saturated rings. The summed E-state index contributed by atoms with van der Waals surface area (Å²) in [6, 6.07) is 3.97. The van der Waals surface area contributed by atoms with E-state index in [-0.39, 0.29) is 5.91 Å². The number of amides is 1. The normalized spacial score (nSPS) is 23.7. The maximum atomic E-state index is 12.0. The molecule has 1 aromatic heterocycles. The zero-order valence-corrected chi connectivity index (χ0v) is 11.5. The first-order valence-electron chi connectivity index (χ1n) is 6.63. The smallest absolute Gasteiger partial charge is 0.475 e. The Balaban J connectivity index is 0.000000217. The van der Waals surface area contributed by atoms with Crippen molar-refractivity contribution in [3.63, 3.8) is 0 Å². The maximum absolute atomic E-state index is 12.0. The van der Waals surface area contributed by atoms with Crippen molar-refractivity contribution in [2.24, 2.45) is 5.92 Å². The van der Waals surface area contributed by atoms with Crippen LogP contribution in [-0.4, -0.2) is 53.7 Å². The summed E-state index contributed by atoms with van der Waals surface area (Å²) in [4.78, 5) is 22.8. The summed E-state index contributed by atoms with van der Waals surface area (Å²) in [6.07, 6.45) is -2.33. The minimum absolute atomic E-state index is 0.0263. The Morgan fingerprint density at radius 1 is 1.36 bits per heavy atom. The van der Waals surface area contributed by atoms with Crippen molar-refractivity contribution < 1.29 is 32.3 Å². The highest BCUT2D eigenvalue weighted by molar-refractivity contribution is 5.91. The van der Waals surface area contributed by atoms with Gasteiger partial charge in [-0.15, -0.1) is 0 Å². The van der Waals surface area contributed by atoms with Gasteiger partial charge in [-0.1, -0.05) is 0 Å². The van der Waals surface area contributed by atoms with Gasteiger partial charge >= 0.3 is 12.1 Å². The predicted molar refractivity (Wildman–Crippen MR) is 68.2 cm³/mol. The van der Waals surface area contributed by atoms with Crippen molar-refractivity contribution in [1.29, 1.82) is 0 Å². The monoisotopic (exact) mass is 320 g/mol. The van der Waals surface area contributed by atoms with E-state index in [0.717, 1.165) is 19.6 Å². The molecule has 0 spiro atoms. The zero-order valence-electron chi connectivity index (χ0n) is 11.5. The number of halogens is 3. The maximum Gasteiger partial charge on any atom is 0.490 e. The molecule has 0 aliphatic carbocycles.